The number of fused-ring (bicyclic) bond motifs is 3. The highest BCUT2D eigenvalue weighted by atomic mass is 32.2. The molecule has 2 atom stereocenters. The van der Waals surface area contributed by atoms with Crippen LogP contribution in [0.3, 0.4) is 0 Å². The van der Waals surface area contributed by atoms with Gasteiger partial charge in [-0.05, 0) is 40.8 Å². The van der Waals surface area contributed by atoms with E-state index >= 15 is 0 Å². The summed E-state index contributed by atoms with van der Waals surface area (Å²) in [6, 6.07) is 15.3. The topological polar surface area (TPSA) is 75.6 Å². The first-order valence-corrected chi connectivity index (χ1v) is 11.5. The summed E-state index contributed by atoms with van der Waals surface area (Å²) in [5.41, 5.74) is 4.57. The molecule has 0 spiro atoms. The Kier molecular flexibility index (Phi) is 7.80. The van der Waals surface area contributed by atoms with Crippen molar-refractivity contribution in [2.45, 2.75) is 50.3 Å². The van der Waals surface area contributed by atoms with Gasteiger partial charge in [0.15, 0.2) is 0 Å². The lowest BCUT2D eigenvalue weighted by molar-refractivity contribution is -0.139. The number of carbonyl (C=O) groups excluding carboxylic acids is 1. The van der Waals surface area contributed by atoms with Crippen LogP contribution >= 0.6 is 11.8 Å². The van der Waals surface area contributed by atoms with Gasteiger partial charge in [-0.15, -0.1) is 0 Å². The van der Waals surface area contributed by atoms with Crippen LogP contribution < -0.4 is 5.32 Å². The highest BCUT2D eigenvalue weighted by Gasteiger charge is 2.29. The molecular formula is C24H29NO4S. The van der Waals surface area contributed by atoms with E-state index in [9.17, 15) is 14.7 Å². The molecule has 5 nitrogen and oxygen atoms in total. The van der Waals surface area contributed by atoms with E-state index in [2.05, 4.69) is 43.4 Å². The Morgan fingerprint density at radius 2 is 1.67 bits per heavy atom. The average Bonchev–Trinajstić information content (AvgIpc) is 3.05. The molecule has 0 saturated carbocycles. The summed E-state index contributed by atoms with van der Waals surface area (Å²) in [4.78, 5) is 23.9. The number of hydrogen-bond donors (Lipinski definition) is 2. The molecule has 1 aliphatic carbocycles. The molecule has 0 radical (unpaired) electrons. The summed E-state index contributed by atoms with van der Waals surface area (Å²) in [7, 11) is 0. The van der Waals surface area contributed by atoms with E-state index in [4.69, 9.17) is 4.74 Å². The summed E-state index contributed by atoms with van der Waals surface area (Å²) in [5, 5.41) is 12.5. The van der Waals surface area contributed by atoms with Crippen LogP contribution in [-0.4, -0.2) is 40.8 Å². The first-order chi connectivity index (χ1) is 14.5. The molecule has 0 aromatic heterocycles. The molecule has 1 aliphatic rings. The van der Waals surface area contributed by atoms with Gasteiger partial charge in [-0.25, -0.2) is 9.59 Å². The number of thioether (sulfide) groups is 1. The van der Waals surface area contributed by atoms with Crippen LogP contribution in [0.4, 0.5) is 4.79 Å². The fourth-order valence-electron chi connectivity index (χ4n) is 3.92. The number of ether oxygens (including phenoxy) is 1. The van der Waals surface area contributed by atoms with E-state index in [0.29, 0.717) is 17.4 Å². The standard InChI is InChI=1S/C24H29NO4S/c1-3-8-16(2)30-14-13-22(23(26)27)25-24(28)29-15-21-19-11-6-4-9-17(19)18-10-5-7-12-20(18)21/h4-7,9-12,16,21-22H,3,8,13-15H2,1-2H3,(H,25,28)(H,26,27). The second kappa shape index (κ2) is 10.5. The smallest absolute Gasteiger partial charge is 0.407 e. The maximum Gasteiger partial charge on any atom is 0.407 e. The molecule has 0 saturated heterocycles. The van der Waals surface area contributed by atoms with Gasteiger partial charge < -0.3 is 15.2 Å². The van der Waals surface area contributed by atoms with Gasteiger partial charge in [0.05, 0.1) is 0 Å². The molecule has 3 rings (SSSR count). The minimum absolute atomic E-state index is 0.0446. The van der Waals surface area contributed by atoms with Crippen molar-refractivity contribution in [3.63, 3.8) is 0 Å². The van der Waals surface area contributed by atoms with Gasteiger partial charge in [-0.1, -0.05) is 68.8 Å². The Morgan fingerprint density at radius 1 is 1.07 bits per heavy atom. The lowest BCUT2D eigenvalue weighted by Crippen LogP contribution is -2.41. The molecule has 6 heteroatoms. The van der Waals surface area contributed by atoms with Crippen LogP contribution in [0.1, 0.15) is 50.2 Å². The zero-order chi connectivity index (χ0) is 21.5. The SMILES string of the molecule is CCCC(C)SCCC(NC(=O)OCC1c2ccccc2-c2ccccc21)C(=O)O. The largest absolute Gasteiger partial charge is 0.480 e. The number of aliphatic carboxylic acids is 1. The first-order valence-electron chi connectivity index (χ1n) is 10.5. The maximum absolute atomic E-state index is 12.3. The third-order valence-electron chi connectivity index (χ3n) is 5.44. The monoisotopic (exact) mass is 427 g/mol. The van der Waals surface area contributed by atoms with Crippen molar-refractivity contribution in [2.24, 2.45) is 0 Å². The molecule has 2 aromatic rings. The van der Waals surface area contributed by atoms with E-state index in [1.807, 2.05) is 24.3 Å². The molecule has 0 bridgehead atoms. The van der Waals surface area contributed by atoms with Crippen LogP contribution in [-0.2, 0) is 9.53 Å². The molecule has 0 heterocycles. The summed E-state index contributed by atoms with van der Waals surface area (Å²) in [6.45, 7) is 4.45. The normalized spacial score (nSPS) is 14.5. The van der Waals surface area contributed by atoms with Gasteiger partial charge >= 0.3 is 12.1 Å². The quantitative estimate of drug-likeness (QED) is 0.539. The van der Waals surface area contributed by atoms with Crippen molar-refractivity contribution in [3.8, 4) is 11.1 Å². The Hall–Kier alpha value is -2.47. The van der Waals surface area contributed by atoms with Crippen LogP contribution in [0.25, 0.3) is 11.1 Å². The third-order valence-corrected chi connectivity index (χ3v) is 6.71. The lowest BCUT2D eigenvalue weighted by Gasteiger charge is -2.18. The highest BCUT2D eigenvalue weighted by Crippen LogP contribution is 2.44. The fraction of sp³-hybridized carbons (Fsp3) is 0.417. The van der Waals surface area contributed by atoms with E-state index in [1.54, 1.807) is 11.8 Å². The molecule has 160 valence electrons. The van der Waals surface area contributed by atoms with Crippen LogP contribution in [0.5, 0.6) is 0 Å². The predicted molar refractivity (Wildman–Crippen MR) is 121 cm³/mol. The number of rotatable bonds is 10. The van der Waals surface area contributed by atoms with Gasteiger partial charge in [0, 0.05) is 11.2 Å². The van der Waals surface area contributed by atoms with Crippen molar-refractivity contribution < 1.29 is 19.4 Å². The predicted octanol–water partition coefficient (Wildman–Crippen LogP) is 5.29. The number of amides is 1. The van der Waals surface area contributed by atoms with Crippen molar-refractivity contribution in [2.75, 3.05) is 12.4 Å². The Labute approximate surface area is 182 Å². The molecular weight excluding hydrogens is 398 g/mol. The van der Waals surface area contributed by atoms with E-state index in [0.717, 1.165) is 35.1 Å². The second-order valence-corrected chi connectivity index (χ2v) is 9.17. The minimum atomic E-state index is -1.03. The molecule has 0 fully saturated rings. The summed E-state index contributed by atoms with van der Waals surface area (Å²) in [5.74, 6) is -0.397. The number of nitrogens with one attached hydrogen (secondary N) is 1. The molecule has 2 unspecified atom stereocenters. The summed E-state index contributed by atoms with van der Waals surface area (Å²) >= 11 is 1.74. The van der Waals surface area contributed by atoms with Crippen molar-refractivity contribution in [1.82, 2.24) is 5.32 Å². The van der Waals surface area contributed by atoms with Gasteiger partial charge in [0.25, 0.3) is 0 Å². The van der Waals surface area contributed by atoms with Crippen molar-refractivity contribution >= 4 is 23.8 Å². The Balaban J connectivity index is 1.56. The number of benzene rings is 2. The molecule has 1 amide bonds. The lowest BCUT2D eigenvalue weighted by atomic mass is 9.98. The van der Waals surface area contributed by atoms with Gasteiger partial charge in [-0.2, -0.15) is 11.8 Å². The number of carbonyl (C=O) groups is 2. The molecule has 30 heavy (non-hydrogen) atoms. The van der Waals surface area contributed by atoms with Crippen LogP contribution in [0.2, 0.25) is 0 Å². The van der Waals surface area contributed by atoms with Gasteiger partial charge in [-0.3, -0.25) is 0 Å². The molecule has 0 aliphatic heterocycles. The average molecular weight is 428 g/mol. The van der Waals surface area contributed by atoms with Gasteiger partial charge in [0.1, 0.15) is 12.6 Å². The zero-order valence-electron chi connectivity index (χ0n) is 17.5. The number of alkyl carbamates (subject to hydrolysis) is 1. The summed E-state index contributed by atoms with van der Waals surface area (Å²) in [6.07, 6.45) is 1.89. The zero-order valence-corrected chi connectivity index (χ0v) is 18.3. The van der Waals surface area contributed by atoms with E-state index < -0.39 is 18.1 Å². The van der Waals surface area contributed by atoms with Crippen LogP contribution in [0.15, 0.2) is 48.5 Å². The maximum atomic E-state index is 12.3. The first kappa shape index (κ1) is 22.2. The Bertz CT molecular complexity index is 840. The second-order valence-electron chi connectivity index (χ2n) is 7.62. The van der Waals surface area contributed by atoms with Crippen molar-refractivity contribution in [1.29, 1.82) is 0 Å². The Morgan fingerprint density at radius 3 is 2.23 bits per heavy atom. The highest BCUT2D eigenvalue weighted by molar-refractivity contribution is 7.99. The van der Waals surface area contributed by atoms with Crippen molar-refractivity contribution in [3.05, 3.63) is 59.7 Å². The number of hydrogen-bond acceptors (Lipinski definition) is 4. The molecule has 2 N–H and O–H groups in total. The fourth-order valence-corrected chi connectivity index (χ4v) is 5.09. The summed E-state index contributed by atoms with van der Waals surface area (Å²) < 4.78 is 5.47. The third kappa shape index (κ3) is 5.36. The number of carboxylic acid groups (broad SMARTS) is 1. The minimum Gasteiger partial charge on any atom is -0.480 e. The van der Waals surface area contributed by atoms with E-state index in [1.165, 1.54) is 0 Å². The van der Waals surface area contributed by atoms with E-state index in [-0.39, 0.29) is 12.5 Å². The molecule has 2 aromatic carbocycles. The number of carboxylic acids is 1. The van der Waals surface area contributed by atoms with Crippen LogP contribution in [0, 0.1) is 0 Å². The van der Waals surface area contributed by atoms with Gasteiger partial charge in [0.2, 0.25) is 0 Å².